The largest absolute Gasteiger partial charge is 0.381 e. The van der Waals surface area contributed by atoms with E-state index in [0.29, 0.717) is 13.2 Å². The first-order chi connectivity index (χ1) is 18.8. The molecule has 3 aromatic heterocycles. The highest BCUT2D eigenvalue weighted by Crippen LogP contribution is 2.28. The Morgan fingerprint density at radius 2 is 1.92 bits per heavy atom. The number of carbonyl (C=O) groups is 3. The van der Waals surface area contributed by atoms with E-state index >= 15 is 0 Å². The summed E-state index contributed by atoms with van der Waals surface area (Å²) in [7, 11) is 0. The number of hydrogen-bond donors (Lipinski definition) is 2. The summed E-state index contributed by atoms with van der Waals surface area (Å²) in [4.78, 5) is 59.5. The van der Waals surface area contributed by atoms with Crippen molar-refractivity contribution >= 4 is 40.0 Å². The van der Waals surface area contributed by atoms with Crippen LogP contribution in [0.5, 0.6) is 0 Å². The number of fused-ring (bicyclic) bond motifs is 2. The van der Waals surface area contributed by atoms with Crippen LogP contribution in [0.15, 0.2) is 41.5 Å². The van der Waals surface area contributed by atoms with Gasteiger partial charge in [-0.05, 0) is 44.4 Å². The maximum Gasteiger partial charge on any atom is 0.262 e. The molecule has 0 radical (unpaired) electrons. The molecule has 1 unspecified atom stereocenters. The third-order valence-electron chi connectivity index (χ3n) is 7.30. The summed E-state index contributed by atoms with van der Waals surface area (Å²) >= 11 is 0. The molecule has 2 fully saturated rings. The molecule has 200 valence electrons. The van der Waals surface area contributed by atoms with E-state index in [2.05, 4.69) is 20.6 Å². The molecular formula is C27H25FN6O5. The van der Waals surface area contributed by atoms with E-state index in [0.717, 1.165) is 24.6 Å². The highest BCUT2D eigenvalue weighted by Gasteiger charge is 2.31. The van der Waals surface area contributed by atoms with Crippen LogP contribution in [0.1, 0.15) is 59.5 Å². The third kappa shape index (κ3) is 4.46. The van der Waals surface area contributed by atoms with Gasteiger partial charge < -0.3 is 14.5 Å². The van der Waals surface area contributed by atoms with Gasteiger partial charge in [-0.15, -0.1) is 0 Å². The predicted octanol–water partition coefficient (Wildman–Crippen LogP) is 2.62. The molecule has 2 saturated heterocycles. The predicted molar refractivity (Wildman–Crippen MR) is 138 cm³/mol. The standard InChI is InChI=1S/C27H25FN6O5/c1-14-29-23-17(27(38)34(14)21-5-6-22(35)32-26(21)37)3-2-4-19(23)31-25(36)16-11-18(28)24-30-20(13-33(24)12-16)15-7-9-39-10-8-15/h2-4,11-13,15,21H,5-10H2,1H3,(H,31,36)(H,32,35,37). The molecule has 2 N–H and O–H groups in total. The lowest BCUT2D eigenvalue weighted by molar-refractivity contribution is -0.135. The monoisotopic (exact) mass is 532 g/mol. The van der Waals surface area contributed by atoms with E-state index < -0.39 is 29.2 Å². The summed E-state index contributed by atoms with van der Waals surface area (Å²) in [6.07, 6.45) is 5.17. The highest BCUT2D eigenvalue weighted by atomic mass is 19.1. The van der Waals surface area contributed by atoms with Gasteiger partial charge in [0, 0.05) is 37.9 Å². The molecule has 0 aliphatic carbocycles. The number of nitrogens with one attached hydrogen (secondary N) is 2. The van der Waals surface area contributed by atoms with Crippen molar-refractivity contribution in [3.05, 3.63) is 69.9 Å². The van der Waals surface area contributed by atoms with E-state index in [-0.39, 0.29) is 58.3 Å². The molecule has 0 spiro atoms. The number of aryl methyl sites for hydroxylation is 1. The summed E-state index contributed by atoms with van der Waals surface area (Å²) in [6, 6.07) is 5.01. The van der Waals surface area contributed by atoms with Gasteiger partial charge >= 0.3 is 0 Å². The number of rotatable bonds is 4. The summed E-state index contributed by atoms with van der Waals surface area (Å²) < 4.78 is 23.1. The number of carbonyl (C=O) groups excluding carboxylic acids is 3. The van der Waals surface area contributed by atoms with E-state index in [1.807, 2.05) is 0 Å². The van der Waals surface area contributed by atoms with Crippen LogP contribution in [-0.2, 0) is 14.3 Å². The average Bonchev–Trinajstić information content (AvgIpc) is 3.36. The fourth-order valence-corrected chi connectivity index (χ4v) is 5.31. The minimum atomic E-state index is -0.860. The van der Waals surface area contributed by atoms with Crippen LogP contribution in [0, 0.1) is 12.7 Å². The second-order valence-corrected chi connectivity index (χ2v) is 9.82. The lowest BCUT2D eigenvalue weighted by Gasteiger charge is -2.24. The van der Waals surface area contributed by atoms with Gasteiger partial charge in [0.2, 0.25) is 11.8 Å². The fourth-order valence-electron chi connectivity index (χ4n) is 5.31. The Balaban J connectivity index is 1.32. The van der Waals surface area contributed by atoms with Gasteiger partial charge in [0.25, 0.3) is 11.5 Å². The SMILES string of the molecule is Cc1nc2c(NC(=O)c3cc(F)c4nc(C5CCOCC5)cn4c3)cccc2c(=O)n1C1CCC(=O)NC1=O. The van der Waals surface area contributed by atoms with Gasteiger partial charge in [-0.2, -0.15) is 0 Å². The minimum absolute atomic E-state index is 0.0709. The average molecular weight is 533 g/mol. The summed E-state index contributed by atoms with van der Waals surface area (Å²) in [6.45, 7) is 2.85. The van der Waals surface area contributed by atoms with E-state index in [1.54, 1.807) is 31.3 Å². The highest BCUT2D eigenvalue weighted by molar-refractivity contribution is 6.08. The van der Waals surface area contributed by atoms with Gasteiger partial charge in [0.15, 0.2) is 11.5 Å². The van der Waals surface area contributed by atoms with Crippen LogP contribution in [0.25, 0.3) is 16.6 Å². The zero-order chi connectivity index (χ0) is 27.3. The number of hydrogen-bond acceptors (Lipinski definition) is 7. The zero-order valence-electron chi connectivity index (χ0n) is 21.1. The van der Waals surface area contributed by atoms with E-state index in [4.69, 9.17) is 4.74 Å². The van der Waals surface area contributed by atoms with Crippen molar-refractivity contribution in [2.75, 3.05) is 18.5 Å². The zero-order valence-corrected chi connectivity index (χ0v) is 21.1. The first-order valence-electron chi connectivity index (χ1n) is 12.7. The Hall–Kier alpha value is -4.45. The van der Waals surface area contributed by atoms with Gasteiger partial charge in [0.05, 0.1) is 22.3 Å². The van der Waals surface area contributed by atoms with Crippen molar-refractivity contribution in [2.24, 2.45) is 0 Å². The first-order valence-corrected chi connectivity index (χ1v) is 12.7. The summed E-state index contributed by atoms with van der Waals surface area (Å²) in [5, 5.41) is 5.19. The van der Waals surface area contributed by atoms with Crippen molar-refractivity contribution in [2.45, 2.75) is 44.6 Å². The number of piperidine rings is 1. The number of para-hydroxylation sites is 1. The van der Waals surface area contributed by atoms with Crippen LogP contribution in [0.4, 0.5) is 10.1 Å². The van der Waals surface area contributed by atoms with Crippen LogP contribution in [0.3, 0.4) is 0 Å². The van der Waals surface area contributed by atoms with E-state index in [1.165, 1.54) is 15.2 Å². The Morgan fingerprint density at radius 3 is 2.69 bits per heavy atom. The first kappa shape index (κ1) is 24.9. The summed E-state index contributed by atoms with van der Waals surface area (Å²) in [5.74, 6) is -1.72. The van der Waals surface area contributed by atoms with Gasteiger partial charge in [-0.3, -0.25) is 29.1 Å². The molecule has 2 aliphatic heterocycles. The number of anilines is 1. The molecule has 1 aromatic carbocycles. The molecule has 12 heteroatoms. The van der Waals surface area contributed by atoms with Crippen molar-refractivity contribution in [1.82, 2.24) is 24.3 Å². The maximum absolute atomic E-state index is 15.0. The molecule has 0 bridgehead atoms. The normalized spacial score (nSPS) is 18.5. The Bertz CT molecular complexity index is 1720. The van der Waals surface area contributed by atoms with Crippen molar-refractivity contribution < 1.29 is 23.5 Å². The Kier molecular flexibility index (Phi) is 6.18. The molecule has 1 atom stereocenters. The van der Waals surface area contributed by atoms with Crippen molar-refractivity contribution in [1.29, 1.82) is 0 Å². The number of halogens is 1. The van der Waals surface area contributed by atoms with Gasteiger partial charge in [-0.25, -0.2) is 14.4 Å². The smallest absolute Gasteiger partial charge is 0.262 e. The van der Waals surface area contributed by atoms with Crippen LogP contribution < -0.4 is 16.2 Å². The fraction of sp³-hybridized carbons (Fsp3) is 0.333. The second-order valence-electron chi connectivity index (χ2n) is 9.82. The Morgan fingerprint density at radius 1 is 1.13 bits per heavy atom. The molecule has 39 heavy (non-hydrogen) atoms. The lowest BCUT2D eigenvalue weighted by atomic mass is 9.97. The Labute approximate surface area is 221 Å². The summed E-state index contributed by atoms with van der Waals surface area (Å²) in [5.41, 5.74) is 1.02. The number of nitrogens with zero attached hydrogens (tertiary/aromatic N) is 4. The molecule has 4 aromatic rings. The number of ether oxygens (including phenoxy) is 1. The number of aromatic nitrogens is 4. The van der Waals surface area contributed by atoms with Crippen molar-refractivity contribution in [3.8, 4) is 0 Å². The molecule has 11 nitrogen and oxygen atoms in total. The number of imidazole rings is 1. The number of amides is 3. The van der Waals surface area contributed by atoms with Crippen molar-refractivity contribution in [3.63, 3.8) is 0 Å². The number of pyridine rings is 1. The number of imide groups is 1. The number of benzene rings is 1. The van der Waals surface area contributed by atoms with Crippen LogP contribution >= 0.6 is 0 Å². The van der Waals surface area contributed by atoms with Gasteiger partial charge in [-0.1, -0.05) is 6.07 Å². The molecule has 6 rings (SSSR count). The minimum Gasteiger partial charge on any atom is -0.381 e. The quantitative estimate of drug-likeness (QED) is 0.386. The molecular weight excluding hydrogens is 507 g/mol. The van der Waals surface area contributed by atoms with Gasteiger partial charge in [0.1, 0.15) is 17.4 Å². The molecule has 3 amide bonds. The lowest BCUT2D eigenvalue weighted by Crippen LogP contribution is -2.45. The second kappa shape index (κ2) is 9.70. The van der Waals surface area contributed by atoms with E-state index in [9.17, 15) is 23.6 Å². The molecule has 0 saturated carbocycles. The molecule has 2 aliphatic rings. The van der Waals surface area contributed by atoms with Crippen LogP contribution in [0.2, 0.25) is 0 Å². The third-order valence-corrected chi connectivity index (χ3v) is 7.30. The topological polar surface area (TPSA) is 137 Å². The van der Waals surface area contributed by atoms with Crippen LogP contribution in [-0.4, -0.2) is 49.9 Å². The molecule has 5 heterocycles. The maximum atomic E-state index is 15.0.